The van der Waals surface area contributed by atoms with E-state index in [1.165, 1.54) is 6.42 Å². The fourth-order valence-electron chi connectivity index (χ4n) is 2.67. The van der Waals surface area contributed by atoms with Gasteiger partial charge in [0.15, 0.2) is 0 Å². The minimum atomic E-state index is -0.133. The van der Waals surface area contributed by atoms with Crippen molar-refractivity contribution in [2.24, 2.45) is 11.3 Å². The minimum absolute atomic E-state index is 0.133. The van der Waals surface area contributed by atoms with Gasteiger partial charge in [0.2, 0.25) is 0 Å². The van der Waals surface area contributed by atoms with Crippen molar-refractivity contribution in [2.75, 3.05) is 7.05 Å². The summed E-state index contributed by atoms with van der Waals surface area (Å²) in [6.07, 6.45) is 3.14. The van der Waals surface area contributed by atoms with E-state index in [1.807, 2.05) is 0 Å². The van der Waals surface area contributed by atoms with Gasteiger partial charge in [-0.15, -0.1) is 0 Å². The van der Waals surface area contributed by atoms with Gasteiger partial charge in [0.05, 0.1) is 6.10 Å². The molecule has 96 valence electrons. The molecule has 0 spiro atoms. The van der Waals surface area contributed by atoms with E-state index in [9.17, 15) is 5.11 Å². The molecule has 0 aromatic carbocycles. The lowest BCUT2D eigenvalue weighted by Crippen LogP contribution is -2.52. The van der Waals surface area contributed by atoms with Gasteiger partial charge < -0.3 is 5.11 Å². The highest BCUT2D eigenvalue weighted by atomic mass is 16.3. The van der Waals surface area contributed by atoms with Crippen molar-refractivity contribution in [3.63, 3.8) is 0 Å². The molecule has 0 amide bonds. The molecular formula is C14H29NO. The molecule has 1 aliphatic carbocycles. The Bertz CT molecular complexity index is 221. The lowest BCUT2D eigenvalue weighted by molar-refractivity contribution is -0.0187. The summed E-state index contributed by atoms with van der Waals surface area (Å²) in [6, 6.07) is 0.843. The molecule has 4 atom stereocenters. The van der Waals surface area contributed by atoms with E-state index in [1.54, 1.807) is 0 Å². The first-order valence-electron chi connectivity index (χ1n) is 6.63. The predicted molar refractivity (Wildman–Crippen MR) is 69.5 cm³/mol. The molecule has 1 aliphatic rings. The number of aliphatic hydroxyl groups excluding tert-OH is 1. The largest absolute Gasteiger partial charge is 0.391 e. The first-order valence-corrected chi connectivity index (χ1v) is 6.63. The first-order chi connectivity index (χ1) is 7.23. The SMILES string of the molecule is CC1CCC(O)C(N(C)C(C)C(C)(C)C)C1. The van der Waals surface area contributed by atoms with E-state index < -0.39 is 0 Å². The van der Waals surface area contributed by atoms with Crippen LogP contribution in [0.3, 0.4) is 0 Å². The second-order valence-electron chi connectivity index (χ2n) is 6.76. The standard InChI is InChI=1S/C14H29NO/c1-10-7-8-13(16)12(9-10)15(6)11(2)14(3,4)5/h10-13,16H,7-9H2,1-6H3. The van der Waals surface area contributed by atoms with Crippen molar-refractivity contribution in [1.82, 2.24) is 4.90 Å². The molecule has 1 fully saturated rings. The molecule has 1 saturated carbocycles. The fourth-order valence-corrected chi connectivity index (χ4v) is 2.67. The third kappa shape index (κ3) is 3.21. The van der Waals surface area contributed by atoms with Crippen molar-refractivity contribution in [1.29, 1.82) is 0 Å². The molecule has 4 unspecified atom stereocenters. The summed E-state index contributed by atoms with van der Waals surface area (Å²) >= 11 is 0. The number of hydrogen-bond acceptors (Lipinski definition) is 2. The summed E-state index contributed by atoms with van der Waals surface area (Å²) < 4.78 is 0. The Kier molecular flexibility index (Phi) is 4.42. The predicted octanol–water partition coefficient (Wildman–Crippen LogP) is 2.90. The highest BCUT2D eigenvalue weighted by Gasteiger charge is 2.35. The van der Waals surface area contributed by atoms with Crippen LogP contribution in [0.2, 0.25) is 0 Å². The highest BCUT2D eigenvalue weighted by molar-refractivity contribution is 4.89. The number of hydrogen-bond donors (Lipinski definition) is 1. The van der Waals surface area contributed by atoms with Gasteiger partial charge in [-0.05, 0) is 44.6 Å². The Morgan fingerprint density at radius 3 is 2.31 bits per heavy atom. The summed E-state index contributed by atoms with van der Waals surface area (Å²) in [5.74, 6) is 0.753. The fraction of sp³-hybridized carbons (Fsp3) is 1.00. The molecule has 2 nitrogen and oxygen atoms in total. The summed E-state index contributed by atoms with van der Waals surface area (Å²) in [4.78, 5) is 2.39. The molecule has 0 saturated heterocycles. The zero-order valence-corrected chi connectivity index (χ0v) is 11.8. The van der Waals surface area contributed by atoms with Crippen molar-refractivity contribution in [3.05, 3.63) is 0 Å². The molecular weight excluding hydrogens is 198 g/mol. The zero-order valence-electron chi connectivity index (χ0n) is 11.8. The minimum Gasteiger partial charge on any atom is -0.391 e. The van der Waals surface area contributed by atoms with E-state index in [0.717, 1.165) is 18.8 Å². The van der Waals surface area contributed by atoms with Crippen LogP contribution >= 0.6 is 0 Å². The van der Waals surface area contributed by atoms with Gasteiger partial charge in [-0.2, -0.15) is 0 Å². The molecule has 0 aromatic rings. The molecule has 1 N–H and O–H groups in total. The third-order valence-corrected chi connectivity index (χ3v) is 4.43. The van der Waals surface area contributed by atoms with E-state index >= 15 is 0 Å². The topological polar surface area (TPSA) is 23.5 Å². The molecule has 2 heteroatoms. The van der Waals surface area contributed by atoms with E-state index in [4.69, 9.17) is 0 Å². The van der Waals surface area contributed by atoms with Crippen LogP contribution in [0.4, 0.5) is 0 Å². The van der Waals surface area contributed by atoms with Crippen LogP contribution < -0.4 is 0 Å². The molecule has 0 bridgehead atoms. The second kappa shape index (κ2) is 5.05. The van der Waals surface area contributed by atoms with Crippen LogP contribution in [0.15, 0.2) is 0 Å². The number of nitrogens with zero attached hydrogens (tertiary/aromatic N) is 1. The lowest BCUT2D eigenvalue weighted by atomic mass is 9.81. The van der Waals surface area contributed by atoms with Crippen LogP contribution in [0.5, 0.6) is 0 Å². The summed E-state index contributed by atoms with van der Waals surface area (Å²) in [6.45, 7) is 11.4. The molecule has 0 aromatic heterocycles. The van der Waals surface area contributed by atoms with Crippen molar-refractivity contribution < 1.29 is 5.11 Å². The molecule has 0 heterocycles. The summed E-state index contributed by atoms with van der Waals surface area (Å²) in [5, 5.41) is 10.1. The maximum absolute atomic E-state index is 10.1. The molecule has 16 heavy (non-hydrogen) atoms. The van der Waals surface area contributed by atoms with Gasteiger partial charge in [-0.1, -0.05) is 27.7 Å². The van der Waals surface area contributed by atoms with Crippen LogP contribution in [-0.4, -0.2) is 35.2 Å². The normalized spacial score (nSPS) is 34.1. The number of rotatable bonds is 2. The van der Waals surface area contributed by atoms with Crippen molar-refractivity contribution >= 4 is 0 Å². The van der Waals surface area contributed by atoms with E-state index in [0.29, 0.717) is 12.1 Å². The average Bonchev–Trinajstić information content (AvgIpc) is 2.18. The van der Waals surface area contributed by atoms with Crippen molar-refractivity contribution in [3.8, 4) is 0 Å². The Balaban J connectivity index is 2.68. The number of aliphatic hydroxyl groups is 1. The summed E-state index contributed by atoms with van der Waals surface area (Å²) in [5.41, 5.74) is 0.273. The molecule has 1 rings (SSSR count). The summed E-state index contributed by atoms with van der Waals surface area (Å²) in [7, 11) is 2.17. The number of likely N-dealkylation sites (N-methyl/N-ethyl adjacent to an activating group) is 1. The van der Waals surface area contributed by atoms with E-state index in [-0.39, 0.29) is 11.5 Å². The second-order valence-corrected chi connectivity index (χ2v) is 6.76. The van der Waals surface area contributed by atoms with Crippen LogP contribution in [-0.2, 0) is 0 Å². The smallest absolute Gasteiger partial charge is 0.0695 e. The van der Waals surface area contributed by atoms with Gasteiger partial charge in [0.25, 0.3) is 0 Å². The van der Waals surface area contributed by atoms with Crippen molar-refractivity contribution in [2.45, 2.75) is 72.1 Å². The van der Waals surface area contributed by atoms with Gasteiger partial charge in [-0.25, -0.2) is 0 Å². The van der Waals surface area contributed by atoms with Gasteiger partial charge >= 0.3 is 0 Å². The third-order valence-electron chi connectivity index (χ3n) is 4.43. The molecule has 0 radical (unpaired) electrons. The van der Waals surface area contributed by atoms with Gasteiger partial charge in [0.1, 0.15) is 0 Å². The highest BCUT2D eigenvalue weighted by Crippen LogP contribution is 2.32. The van der Waals surface area contributed by atoms with Gasteiger partial charge in [-0.3, -0.25) is 4.90 Å². The Labute approximate surface area is 101 Å². The van der Waals surface area contributed by atoms with Crippen LogP contribution in [0, 0.1) is 11.3 Å². The maximum atomic E-state index is 10.1. The van der Waals surface area contributed by atoms with E-state index in [2.05, 4.69) is 46.6 Å². The monoisotopic (exact) mass is 227 g/mol. The Morgan fingerprint density at radius 2 is 1.81 bits per heavy atom. The van der Waals surface area contributed by atoms with Crippen LogP contribution in [0.1, 0.15) is 53.9 Å². The quantitative estimate of drug-likeness (QED) is 0.784. The molecule has 0 aliphatic heterocycles. The first kappa shape index (κ1) is 14.0. The maximum Gasteiger partial charge on any atom is 0.0695 e. The van der Waals surface area contributed by atoms with Gasteiger partial charge in [0, 0.05) is 12.1 Å². The van der Waals surface area contributed by atoms with Crippen LogP contribution in [0.25, 0.3) is 0 Å². The Hall–Kier alpha value is -0.0800. The average molecular weight is 227 g/mol. The lowest BCUT2D eigenvalue weighted by Gasteiger charge is -2.44. The zero-order chi connectivity index (χ0) is 12.5. The Morgan fingerprint density at radius 1 is 1.25 bits per heavy atom.